The average molecular weight is 498 g/mol. The lowest BCUT2D eigenvalue weighted by molar-refractivity contribution is -0.119. The maximum absolute atomic E-state index is 13.6. The van der Waals surface area contributed by atoms with E-state index in [-0.39, 0.29) is 30.4 Å². The fourth-order valence-corrected chi connectivity index (χ4v) is 5.51. The van der Waals surface area contributed by atoms with Gasteiger partial charge in [-0.05, 0) is 32.4 Å². The van der Waals surface area contributed by atoms with Gasteiger partial charge in [-0.1, -0.05) is 12.1 Å². The molecule has 1 aromatic heterocycles. The molecule has 35 heavy (non-hydrogen) atoms. The van der Waals surface area contributed by atoms with Crippen LogP contribution >= 0.6 is 0 Å². The lowest BCUT2D eigenvalue weighted by Crippen LogP contribution is -2.30. The van der Waals surface area contributed by atoms with Gasteiger partial charge in [-0.25, -0.2) is 23.2 Å². The van der Waals surface area contributed by atoms with E-state index in [1.807, 2.05) is 25.1 Å². The first kappa shape index (κ1) is 24.0. The molecule has 2 amide bonds. The van der Waals surface area contributed by atoms with Crippen LogP contribution in [-0.4, -0.2) is 60.0 Å². The minimum Gasteiger partial charge on any atom is -0.465 e. The molecular formula is C22H23N7O5S. The van der Waals surface area contributed by atoms with Crippen molar-refractivity contribution in [3.05, 3.63) is 46.8 Å². The van der Waals surface area contributed by atoms with Gasteiger partial charge in [0.1, 0.15) is 11.9 Å². The third-order valence-corrected chi connectivity index (χ3v) is 7.61. The van der Waals surface area contributed by atoms with Gasteiger partial charge < -0.3 is 20.2 Å². The summed E-state index contributed by atoms with van der Waals surface area (Å²) in [6.45, 7) is 4.00. The van der Waals surface area contributed by atoms with Gasteiger partial charge in [0, 0.05) is 31.4 Å². The zero-order valence-electron chi connectivity index (χ0n) is 19.0. The van der Waals surface area contributed by atoms with E-state index < -0.39 is 37.7 Å². The van der Waals surface area contributed by atoms with E-state index in [0.717, 1.165) is 10.6 Å². The van der Waals surface area contributed by atoms with Gasteiger partial charge in [-0.2, -0.15) is 5.26 Å². The fraction of sp³-hybridized carbons (Fsp3) is 0.318. The van der Waals surface area contributed by atoms with E-state index >= 15 is 0 Å². The average Bonchev–Trinajstić information content (AvgIpc) is 3.46. The summed E-state index contributed by atoms with van der Waals surface area (Å²) in [5.74, 6) is -1.23. The monoisotopic (exact) mass is 497 g/mol. The molecule has 2 aliphatic heterocycles. The lowest BCUT2D eigenvalue weighted by Gasteiger charge is -2.19. The van der Waals surface area contributed by atoms with Gasteiger partial charge in [0.2, 0.25) is 21.7 Å². The number of carbonyl (C=O) groups excluding carboxylic acids is 1. The summed E-state index contributed by atoms with van der Waals surface area (Å²) in [6, 6.07) is 9.02. The Morgan fingerprint density at radius 3 is 2.74 bits per heavy atom. The summed E-state index contributed by atoms with van der Waals surface area (Å²) in [7, 11) is -4.40. The molecular weight excluding hydrogens is 474 g/mol. The normalized spacial score (nSPS) is 18.5. The number of aromatic nitrogens is 2. The molecule has 0 aliphatic carbocycles. The first-order chi connectivity index (χ1) is 16.7. The highest BCUT2D eigenvalue weighted by molar-refractivity contribution is 7.95. The molecule has 13 heteroatoms. The Morgan fingerprint density at radius 1 is 1.34 bits per heavy atom. The van der Waals surface area contributed by atoms with Crippen LogP contribution in [0.5, 0.6) is 0 Å². The molecule has 3 N–H and O–H groups in total. The summed E-state index contributed by atoms with van der Waals surface area (Å²) >= 11 is 0. The van der Waals surface area contributed by atoms with Crippen LogP contribution in [-0.2, 0) is 14.6 Å². The second-order valence-corrected chi connectivity index (χ2v) is 9.87. The van der Waals surface area contributed by atoms with Crippen LogP contribution in [0, 0.1) is 24.2 Å². The number of aryl methyl sites for hydroxylation is 1. The molecule has 2 aliphatic rings. The molecule has 1 aromatic carbocycles. The van der Waals surface area contributed by atoms with Crippen LogP contribution in [0.1, 0.15) is 18.9 Å². The Kier molecular flexibility index (Phi) is 6.31. The molecule has 1 unspecified atom stereocenters. The fourth-order valence-electron chi connectivity index (χ4n) is 4.09. The number of anilines is 3. The predicted octanol–water partition coefficient (Wildman–Crippen LogP) is 2.14. The number of nitriles is 1. The van der Waals surface area contributed by atoms with Crippen molar-refractivity contribution in [2.75, 3.05) is 35.2 Å². The van der Waals surface area contributed by atoms with Gasteiger partial charge in [-0.3, -0.25) is 10.1 Å². The van der Waals surface area contributed by atoms with Gasteiger partial charge in [-0.15, -0.1) is 0 Å². The van der Waals surface area contributed by atoms with Gasteiger partial charge >= 0.3 is 6.09 Å². The first-order valence-electron chi connectivity index (χ1n) is 10.8. The topological polar surface area (TPSA) is 169 Å². The Labute approximate surface area is 201 Å². The number of sulfone groups is 1. The summed E-state index contributed by atoms with van der Waals surface area (Å²) < 4.78 is 27.1. The van der Waals surface area contributed by atoms with E-state index in [1.165, 1.54) is 13.1 Å². The molecule has 1 atom stereocenters. The van der Waals surface area contributed by atoms with Crippen LogP contribution < -0.4 is 15.5 Å². The van der Waals surface area contributed by atoms with Crippen molar-refractivity contribution in [1.29, 1.82) is 5.26 Å². The molecule has 12 nitrogen and oxygen atoms in total. The minimum atomic E-state index is -4.40. The summed E-state index contributed by atoms with van der Waals surface area (Å²) in [4.78, 5) is 34.1. The number of rotatable bonds is 5. The van der Waals surface area contributed by atoms with Crippen molar-refractivity contribution in [3.63, 3.8) is 0 Å². The van der Waals surface area contributed by atoms with E-state index in [4.69, 9.17) is 5.11 Å². The molecule has 3 heterocycles. The van der Waals surface area contributed by atoms with E-state index in [1.54, 1.807) is 17.0 Å². The summed E-state index contributed by atoms with van der Waals surface area (Å²) in [6.07, 6.45) is 0.474. The van der Waals surface area contributed by atoms with Crippen molar-refractivity contribution in [2.24, 2.45) is 5.92 Å². The van der Waals surface area contributed by atoms with Gasteiger partial charge in [0.05, 0.1) is 17.3 Å². The highest BCUT2D eigenvalue weighted by atomic mass is 32.2. The highest BCUT2D eigenvalue weighted by Gasteiger charge is 2.35. The van der Waals surface area contributed by atoms with Gasteiger partial charge in [0.15, 0.2) is 9.93 Å². The Morgan fingerprint density at radius 2 is 2.09 bits per heavy atom. The van der Waals surface area contributed by atoms with E-state index in [0.29, 0.717) is 18.7 Å². The maximum atomic E-state index is 13.6. The van der Waals surface area contributed by atoms with Crippen LogP contribution in [0.25, 0.3) is 0 Å². The van der Waals surface area contributed by atoms with Crippen molar-refractivity contribution >= 4 is 39.2 Å². The number of para-hydroxylation sites is 2. The molecule has 1 saturated heterocycles. The lowest BCUT2D eigenvalue weighted by atomic mass is 10.1. The van der Waals surface area contributed by atoms with E-state index in [2.05, 4.69) is 20.6 Å². The number of amides is 2. The first-order valence-corrected chi connectivity index (χ1v) is 12.3. The number of hydrogen-bond donors (Lipinski definition) is 3. The maximum Gasteiger partial charge on any atom is 0.407 e. The smallest absolute Gasteiger partial charge is 0.407 e. The number of nitrogens with zero attached hydrogens (tertiary/aromatic N) is 5. The zero-order valence-corrected chi connectivity index (χ0v) is 19.8. The number of likely N-dealkylation sites (tertiary alicyclic amines) is 1. The Bertz CT molecular complexity index is 1380. The number of carbonyl (C=O) groups is 2. The van der Waals surface area contributed by atoms with E-state index in [9.17, 15) is 23.3 Å². The summed E-state index contributed by atoms with van der Waals surface area (Å²) in [5.41, 5.74) is 1.62. The predicted molar refractivity (Wildman–Crippen MR) is 126 cm³/mol. The highest BCUT2D eigenvalue weighted by Crippen LogP contribution is 2.38. The van der Waals surface area contributed by atoms with Crippen molar-refractivity contribution in [1.82, 2.24) is 14.9 Å². The van der Waals surface area contributed by atoms with Crippen LogP contribution in [0.15, 0.2) is 46.2 Å². The molecule has 1 fully saturated rings. The standard InChI is InChI=1S/C22H23N7O5S/c1-3-29-16-7-5-4-6-15(16)25-18(29)17(10-23)35(33,34)20-13(2)11-24-21(27-20)26-19(30)14-8-9-28(12-14)22(31)32/h4-7,11,14,25H,3,8-9,12H2,1-2H3,(H,31,32)(H,24,26,27,30). The minimum absolute atomic E-state index is 0.0297. The number of nitrogens with one attached hydrogen (secondary N) is 2. The summed E-state index contributed by atoms with van der Waals surface area (Å²) in [5, 5.41) is 24.0. The second kappa shape index (κ2) is 9.22. The Balaban J connectivity index is 1.66. The zero-order chi connectivity index (χ0) is 25.3. The molecule has 182 valence electrons. The third kappa shape index (κ3) is 4.35. The molecule has 0 radical (unpaired) electrons. The van der Waals surface area contributed by atoms with Crippen molar-refractivity contribution in [2.45, 2.75) is 25.3 Å². The molecule has 0 spiro atoms. The number of carboxylic acid groups (broad SMARTS) is 1. The number of hydrogen-bond acceptors (Lipinski definition) is 9. The van der Waals surface area contributed by atoms with Crippen molar-refractivity contribution < 1.29 is 23.1 Å². The number of fused-ring (bicyclic) bond motifs is 1. The van der Waals surface area contributed by atoms with Crippen molar-refractivity contribution in [3.8, 4) is 6.07 Å². The molecule has 0 bridgehead atoms. The second-order valence-electron chi connectivity index (χ2n) is 8.06. The van der Waals surface area contributed by atoms with Crippen LogP contribution in [0.3, 0.4) is 0 Å². The quantitative estimate of drug-likeness (QED) is 0.411. The third-order valence-electron chi connectivity index (χ3n) is 5.86. The SMILES string of the molecule is CCN1C(=C(C#N)S(=O)(=O)c2nc(NC(=O)C3CCN(C(=O)O)C3)ncc2C)Nc2ccccc21. The van der Waals surface area contributed by atoms with Crippen LogP contribution in [0.4, 0.5) is 22.1 Å². The van der Waals surface area contributed by atoms with Crippen LogP contribution in [0.2, 0.25) is 0 Å². The number of allylic oxidation sites excluding steroid dienone is 1. The molecule has 4 rings (SSSR count). The Hall–Kier alpha value is -4.18. The molecule has 2 aromatic rings. The molecule has 0 saturated carbocycles. The number of benzene rings is 1. The van der Waals surface area contributed by atoms with Gasteiger partial charge in [0.25, 0.3) is 0 Å². The largest absolute Gasteiger partial charge is 0.465 e.